The number of carbonyl (C=O) groups is 2. The number of esters is 1. The summed E-state index contributed by atoms with van der Waals surface area (Å²) < 4.78 is 10.0. The largest absolute Gasteiger partial charge is 0.497 e. The molecule has 1 N–H and O–H groups in total. The van der Waals surface area contributed by atoms with Gasteiger partial charge in [0.25, 0.3) is 0 Å². The zero-order valence-corrected chi connectivity index (χ0v) is 10.1. The summed E-state index contributed by atoms with van der Waals surface area (Å²) in [6, 6.07) is 5.38. The van der Waals surface area contributed by atoms with Gasteiger partial charge in [0.05, 0.1) is 12.8 Å². The van der Waals surface area contributed by atoms with Crippen molar-refractivity contribution in [2.24, 2.45) is 0 Å². The number of nitrogens with one attached hydrogen (secondary N) is 1. The molecule has 0 fully saturated rings. The molecule has 1 heterocycles. The third kappa shape index (κ3) is 2.20. The molecular weight excluding hydrogens is 234 g/mol. The zero-order valence-electron chi connectivity index (χ0n) is 10.1. The fourth-order valence-corrected chi connectivity index (χ4v) is 1.80. The molecule has 0 amide bonds. The highest BCUT2D eigenvalue weighted by Crippen LogP contribution is 2.25. The lowest BCUT2D eigenvalue weighted by atomic mass is 10.1. The third-order valence-corrected chi connectivity index (χ3v) is 2.67. The third-order valence-electron chi connectivity index (χ3n) is 2.67. The van der Waals surface area contributed by atoms with Crippen LogP contribution in [-0.2, 0) is 16.1 Å². The lowest BCUT2D eigenvalue weighted by Gasteiger charge is -2.00. The highest BCUT2D eigenvalue weighted by Gasteiger charge is 2.12. The lowest BCUT2D eigenvalue weighted by Crippen LogP contribution is -2.01. The number of benzene rings is 1. The smallest absolute Gasteiger partial charge is 0.303 e. The molecular formula is C13H13NO4. The SMILES string of the molecule is COc1ccc2[nH]c(COC(C)=O)c(C=O)c2c1. The van der Waals surface area contributed by atoms with Crippen molar-refractivity contribution in [3.63, 3.8) is 0 Å². The number of hydrogen-bond donors (Lipinski definition) is 1. The molecule has 94 valence electrons. The summed E-state index contributed by atoms with van der Waals surface area (Å²) in [6.07, 6.45) is 0.747. The van der Waals surface area contributed by atoms with Crippen LogP contribution >= 0.6 is 0 Å². The van der Waals surface area contributed by atoms with Crippen LogP contribution in [-0.4, -0.2) is 24.3 Å². The van der Waals surface area contributed by atoms with E-state index in [0.717, 1.165) is 17.2 Å². The second kappa shape index (κ2) is 4.91. The van der Waals surface area contributed by atoms with Gasteiger partial charge in [0, 0.05) is 23.4 Å². The van der Waals surface area contributed by atoms with Crippen molar-refractivity contribution < 1.29 is 19.1 Å². The number of aldehydes is 1. The Morgan fingerprint density at radius 2 is 2.22 bits per heavy atom. The maximum absolute atomic E-state index is 11.1. The molecule has 0 bridgehead atoms. The van der Waals surface area contributed by atoms with Gasteiger partial charge in [-0.15, -0.1) is 0 Å². The number of fused-ring (bicyclic) bond motifs is 1. The first kappa shape index (κ1) is 12.2. The molecule has 0 radical (unpaired) electrons. The molecule has 0 aliphatic heterocycles. The van der Waals surface area contributed by atoms with Crippen molar-refractivity contribution in [2.45, 2.75) is 13.5 Å². The van der Waals surface area contributed by atoms with Gasteiger partial charge in [-0.1, -0.05) is 0 Å². The average molecular weight is 247 g/mol. The molecule has 0 saturated carbocycles. The molecule has 0 aliphatic rings. The van der Waals surface area contributed by atoms with Gasteiger partial charge >= 0.3 is 5.97 Å². The van der Waals surface area contributed by atoms with Crippen LogP contribution in [0.4, 0.5) is 0 Å². The number of aromatic nitrogens is 1. The molecule has 1 aromatic carbocycles. The van der Waals surface area contributed by atoms with Gasteiger partial charge in [0.15, 0.2) is 6.29 Å². The maximum atomic E-state index is 11.1. The topological polar surface area (TPSA) is 68.4 Å². The van der Waals surface area contributed by atoms with Crippen LogP contribution in [0.5, 0.6) is 5.75 Å². The van der Waals surface area contributed by atoms with Crippen LogP contribution in [0.3, 0.4) is 0 Å². The number of carbonyl (C=O) groups excluding carboxylic acids is 2. The van der Waals surface area contributed by atoms with E-state index in [1.807, 2.05) is 6.07 Å². The van der Waals surface area contributed by atoms with Crippen molar-refractivity contribution in [1.29, 1.82) is 0 Å². The Morgan fingerprint density at radius 3 is 2.83 bits per heavy atom. The van der Waals surface area contributed by atoms with Crippen molar-refractivity contribution in [2.75, 3.05) is 7.11 Å². The van der Waals surface area contributed by atoms with E-state index in [0.29, 0.717) is 17.0 Å². The summed E-state index contributed by atoms with van der Waals surface area (Å²) >= 11 is 0. The van der Waals surface area contributed by atoms with Gasteiger partial charge in [-0.2, -0.15) is 0 Å². The van der Waals surface area contributed by atoms with Crippen LogP contribution in [0.1, 0.15) is 23.0 Å². The minimum Gasteiger partial charge on any atom is -0.497 e. The first-order valence-electron chi connectivity index (χ1n) is 5.43. The molecule has 0 unspecified atom stereocenters. The molecule has 1 aromatic heterocycles. The van der Waals surface area contributed by atoms with Crippen molar-refractivity contribution >= 4 is 23.2 Å². The predicted octanol–water partition coefficient (Wildman–Crippen LogP) is 2.05. The highest BCUT2D eigenvalue weighted by molar-refractivity contribution is 5.99. The van der Waals surface area contributed by atoms with Gasteiger partial charge in [0.1, 0.15) is 12.4 Å². The van der Waals surface area contributed by atoms with Gasteiger partial charge < -0.3 is 14.5 Å². The first-order valence-corrected chi connectivity index (χ1v) is 5.43. The highest BCUT2D eigenvalue weighted by atomic mass is 16.5. The van der Waals surface area contributed by atoms with E-state index in [2.05, 4.69) is 4.98 Å². The second-order valence-corrected chi connectivity index (χ2v) is 3.83. The number of rotatable bonds is 4. The molecule has 0 saturated heterocycles. The van der Waals surface area contributed by atoms with Crippen LogP contribution in [0.15, 0.2) is 18.2 Å². The molecule has 2 rings (SSSR count). The Balaban J connectivity index is 2.47. The average Bonchev–Trinajstić information content (AvgIpc) is 2.72. The van der Waals surface area contributed by atoms with E-state index in [1.165, 1.54) is 6.92 Å². The monoisotopic (exact) mass is 247 g/mol. The van der Waals surface area contributed by atoms with Crippen LogP contribution in [0, 0.1) is 0 Å². The first-order chi connectivity index (χ1) is 8.65. The molecule has 0 atom stereocenters. The molecule has 0 spiro atoms. The Morgan fingerprint density at radius 1 is 1.44 bits per heavy atom. The van der Waals surface area contributed by atoms with Gasteiger partial charge in [-0.3, -0.25) is 9.59 Å². The summed E-state index contributed by atoms with van der Waals surface area (Å²) in [4.78, 5) is 25.0. The maximum Gasteiger partial charge on any atom is 0.303 e. The minimum atomic E-state index is -0.386. The number of ether oxygens (including phenoxy) is 2. The quantitative estimate of drug-likeness (QED) is 0.663. The number of methoxy groups -OCH3 is 1. The van der Waals surface area contributed by atoms with Crippen molar-refractivity contribution in [3.8, 4) is 5.75 Å². The Hall–Kier alpha value is -2.30. The lowest BCUT2D eigenvalue weighted by molar-refractivity contribution is -0.142. The molecule has 0 aliphatic carbocycles. The van der Waals surface area contributed by atoms with Crippen LogP contribution in [0.2, 0.25) is 0 Å². The van der Waals surface area contributed by atoms with E-state index in [4.69, 9.17) is 9.47 Å². The second-order valence-electron chi connectivity index (χ2n) is 3.83. The molecule has 2 aromatic rings. The van der Waals surface area contributed by atoms with Crippen LogP contribution < -0.4 is 4.74 Å². The Labute approximate surface area is 104 Å². The Bertz CT molecular complexity index is 600. The van der Waals surface area contributed by atoms with Gasteiger partial charge in [-0.05, 0) is 18.2 Å². The summed E-state index contributed by atoms with van der Waals surface area (Å²) in [5.41, 5.74) is 1.88. The Kier molecular flexibility index (Phi) is 3.32. The predicted molar refractivity (Wildman–Crippen MR) is 65.7 cm³/mol. The normalized spacial score (nSPS) is 10.3. The van der Waals surface area contributed by atoms with E-state index in [-0.39, 0.29) is 12.6 Å². The minimum absolute atomic E-state index is 0.0560. The van der Waals surface area contributed by atoms with E-state index in [1.54, 1.807) is 19.2 Å². The van der Waals surface area contributed by atoms with Crippen molar-refractivity contribution in [3.05, 3.63) is 29.5 Å². The van der Waals surface area contributed by atoms with Gasteiger partial charge in [-0.25, -0.2) is 0 Å². The van der Waals surface area contributed by atoms with Gasteiger partial charge in [0.2, 0.25) is 0 Å². The fraction of sp³-hybridized carbons (Fsp3) is 0.231. The van der Waals surface area contributed by atoms with E-state index in [9.17, 15) is 9.59 Å². The summed E-state index contributed by atoms with van der Waals surface area (Å²) in [5, 5.41) is 0.756. The summed E-state index contributed by atoms with van der Waals surface area (Å²) in [6.45, 7) is 1.38. The molecule has 18 heavy (non-hydrogen) atoms. The van der Waals surface area contributed by atoms with E-state index >= 15 is 0 Å². The molecule has 5 nitrogen and oxygen atoms in total. The zero-order chi connectivity index (χ0) is 13.1. The number of H-pyrrole nitrogens is 1. The molecule has 5 heteroatoms. The standard InChI is InChI=1S/C13H13NO4/c1-8(16)18-7-13-11(6-15)10-5-9(17-2)3-4-12(10)14-13/h3-6,14H,7H2,1-2H3. The number of hydrogen-bond acceptors (Lipinski definition) is 4. The van der Waals surface area contributed by atoms with Crippen molar-refractivity contribution in [1.82, 2.24) is 4.98 Å². The number of aromatic amines is 1. The fourth-order valence-electron chi connectivity index (χ4n) is 1.80. The summed E-state index contributed by atoms with van der Waals surface area (Å²) in [7, 11) is 1.56. The van der Waals surface area contributed by atoms with E-state index < -0.39 is 0 Å². The van der Waals surface area contributed by atoms with Crippen LogP contribution in [0.25, 0.3) is 10.9 Å². The summed E-state index contributed by atoms with van der Waals surface area (Å²) in [5.74, 6) is 0.284.